The van der Waals surface area contributed by atoms with E-state index >= 15 is 0 Å². The van der Waals surface area contributed by atoms with Gasteiger partial charge in [0.05, 0.1) is 6.54 Å². The van der Waals surface area contributed by atoms with Gasteiger partial charge >= 0.3 is 0 Å². The van der Waals surface area contributed by atoms with Crippen LogP contribution in [-0.4, -0.2) is 12.3 Å². The van der Waals surface area contributed by atoms with Crippen LogP contribution in [-0.2, 0) is 0 Å². The summed E-state index contributed by atoms with van der Waals surface area (Å²) in [7, 11) is 0. The molecule has 1 aromatic rings. The molecule has 0 fully saturated rings. The molecule has 2 heteroatoms. The van der Waals surface area contributed by atoms with Crippen LogP contribution in [0.25, 0.3) is 5.57 Å². The average Bonchev–Trinajstić information content (AvgIpc) is 2.96. The van der Waals surface area contributed by atoms with Crippen molar-refractivity contribution in [3.05, 3.63) is 76.7 Å². The van der Waals surface area contributed by atoms with Gasteiger partial charge in [-0.1, -0.05) is 85.8 Å². The van der Waals surface area contributed by atoms with Gasteiger partial charge in [0, 0.05) is 17.7 Å². The highest BCUT2D eigenvalue weighted by atomic mass is 19.1. The van der Waals surface area contributed by atoms with E-state index in [-0.39, 0.29) is 5.82 Å². The number of allylic oxidation sites excluding steroid dienone is 6. The lowest BCUT2D eigenvalue weighted by Gasteiger charge is -2.18. The highest BCUT2D eigenvalue weighted by Crippen LogP contribution is 2.31. The third-order valence-corrected chi connectivity index (χ3v) is 4.69. The molecule has 0 amide bonds. The Bertz CT molecular complexity index is 776. The summed E-state index contributed by atoms with van der Waals surface area (Å²) in [6, 6.07) is 6.64. The Morgan fingerprint density at radius 1 is 1.13 bits per heavy atom. The molecular weight excluding hydrogens is 381 g/mol. The Balaban J connectivity index is 0. The molecule has 0 atom stereocenters. The van der Waals surface area contributed by atoms with Crippen LogP contribution >= 0.6 is 0 Å². The van der Waals surface area contributed by atoms with Gasteiger partial charge in [-0.2, -0.15) is 0 Å². The van der Waals surface area contributed by atoms with E-state index in [9.17, 15) is 4.39 Å². The van der Waals surface area contributed by atoms with Crippen molar-refractivity contribution in [2.45, 2.75) is 88.5 Å². The standard InChI is InChI=1S/C23H28FN.3C2H6/c1-6-9-21-17(4)12-13-25-22(23(21)16(3)7-2)14-18(5)19-10-8-11-20(24)15-19;3*1-2/h7-8,10-12,15H,5-6,9,13-14H2,1-4H3;3*1-2H3/b16-7-;;;. The van der Waals surface area contributed by atoms with E-state index in [2.05, 4.69) is 46.4 Å². The zero-order valence-electron chi connectivity index (χ0n) is 21.8. The molecule has 0 saturated heterocycles. The van der Waals surface area contributed by atoms with Crippen molar-refractivity contribution in [3.8, 4) is 0 Å². The Labute approximate surface area is 192 Å². The topological polar surface area (TPSA) is 12.4 Å². The van der Waals surface area contributed by atoms with E-state index in [1.165, 1.54) is 28.4 Å². The molecule has 0 spiro atoms. The maximum Gasteiger partial charge on any atom is 0.123 e. The van der Waals surface area contributed by atoms with Gasteiger partial charge in [0.1, 0.15) is 5.82 Å². The van der Waals surface area contributed by atoms with Gasteiger partial charge in [-0.3, -0.25) is 4.99 Å². The maximum atomic E-state index is 13.5. The molecular formula is C29H46FN. The quantitative estimate of drug-likeness (QED) is 0.428. The van der Waals surface area contributed by atoms with Gasteiger partial charge in [-0.25, -0.2) is 4.39 Å². The van der Waals surface area contributed by atoms with Crippen molar-refractivity contribution in [1.82, 2.24) is 0 Å². The molecule has 0 N–H and O–H groups in total. The largest absolute Gasteiger partial charge is 0.285 e. The van der Waals surface area contributed by atoms with Crippen LogP contribution in [0.15, 0.2) is 70.3 Å². The lowest BCUT2D eigenvalue weighted by atomic mass is 9.87. The van der Waals surface area contributed by atoms with Crippen LogP contribution in [0.3, 0.4) is 0 Å². The zero-order valence-corrected chi connectivity index (χ0v) is 21.8. The van der Waals surface area contributed by atoms with Gasteiger partial charge in [-0.05, 0) is 67.2 Å². The second-order valence-corrected chi connectivity index (χ2v) is 6.54. The van der Waals surface area contributed by atoms with Crippen LogP contribution in [0.1, 0.15) is 94.1 Å². The molecule has 1 nitrogen and oxygen atoms in total. The SMILES string of the molecule is C=C(CC1=NCC=C(C)C(CCC)=C1/C(C)=C\C)c1cccc(F)c1.CC.CC.CC. The van der Waals surface area contributed by atoms with Crippen LogP contribution in [0.2, 0.25) is 0 Å². The minimum absolute atomic E-state index is 0.231. The first-order valence-corrected chi connectivity index (χ1v) is 12.0. The summed E-state index contributed by atoms with van der Waals surface area (Å²) in [5.74, 6) is -0.231. The number of halogens is 1. The molecule has 0 aromatic heterocycles. The predicted molar refractivity (Wildman–Crippen MR) is 142 cm³/mol. The molecule has 31 heavy (non-hydrogen) atoms. The van der Waals surface area contributed by atoms with Crippen molar-refractivity contribution in [2.75, 3.05) is 6.54 Å². The third kappa shape index (κ3) is 10.1. The first-order chi connectivity index (χ1) is 15.0. The fourth-order valence-electron chi connectivity index (χ4n) is 3.21. The predicted octanol–water partition coefficient (Wildman–Crippen LogP) is 9.77. The van der Waals surface area contributed by atoms with E-state index in [1.54, 1.807) is 12.1 Å². The first-order valence-electron chi connectivity index (χ1n) is 12.0. The van der Waals surface area contributed by atoms with Crippen molar-refractivity contribution < 1.29 is 4.39 Å². The summed E-state index contributed by atoms with van der Waals surface area (Å²) < 4.78 is 13.5. The molecule has 0 bridgehead atoms. The number of nitrogens with zero attached hydrogens (tertiary/aromatic N) is 1. The number of rotatable bonds is 6. The summed E-state index contributed by atoms with van der Waals surface area (Å²) in [6.07, 6.45) is 7.11. The Kier molecular flexibility index (Phi) is 18.5. The van der Waals surface area contributed by atoms with E-state index in [1.807, 2.05) is 47.6 Å². The molecule has 1 heterocycles. The molecule has 1 aliphatic rings. The molecule has 0 aliphatic carbocycles. The molecule has 174 valence electrons. The average molecular weight is 428 g/mol. The molecule has 2 rings (SSSR count). The fourth-order valence-corrected chi connectivity index (χ4v) is 3.21. The monoisotopic (exact) mass is 427 g/mol. The minimum Gasteiger partial charge on any atom is -0.285 e. The summed E-state index contributed by atoms with van der Waals surface area (Å²) in [5.41, 5.74) is 7.97. The van der Waals surface area contributed by atoms with Crippen molar-refractivity contribution in [3.63, 3.8) is 0 Å². The summed E-state index contributed by atoms with van der Waals surface area (Å²) in [5, 5.41) is 0. The molecule has 0 saturated carbocycles. The molecule has 0 radical (unpaired) electrons. The summed E-state index contributed by atoms with van der Waals surface area (Å²) in [4.78, 5) is 4.83. The fraction of sp³-hybridized carbons (Fsp3) is 0.483. The Morgan fingerprint density at radius 3 is 2.26 bits per heavy atom. The van der Waals surface area contributed by atoms with Gasteiger partial charge in [0.25, 0.3) is 0 Å². The number of hydrogen-bond donors (Lipinski definition) is 0. The van der Waals surface area contributed by atoms with E-state index in [0.717, 1.165) is 29.7 Å². The lowest BCUT2D eigenvalue weighted by Crippen LogP contribution is -2.09. The highest BCUT2D eigenvalue weighted by molar-refractivity contribution is 6.09. The maximum absolute atomic E-state index is 13.5. The van der Waals surface area contributed by atoms with Gasteiger partial charge < -0.3 is 0 Å². The molecule has 1 aromatic carbocycles. The van der Waals surface area contributed by atoms with Gasteiger partial charge in [0.15, 0.2) is 0 Å². The summed E-state index contributed by atoms with van der Waals surface area (Å²) >= 11 is 0. The number of hydrogen-bond acceptors (Lipinski definition) is 1. The number of benzene rings is 1. The molecule has 0 unspecified atom stereocenters. The highest BCUT2D eigenvalue weighted by Gasteiger charge is 2.19. The van der Waals surface area contributed by atoms with E-state index < -0.39 is 0 Å². The van der Waals surface area contributed by atoms with Gasteiger partial charge in [-0.15, -0.1) is 0 Å². The van der Waals surface area contributed by atoms with Crippen LogP contribution in [0, 0.1) is 5.82 Å². The second kappa shape index (κ2) is 18.5. The van der Waals surface area contributed by atoms with Crippen LogP contribution in [0.4, 0.5) is 4.39 Å². The third-order valence-electron chi connectivity index (χ3n) is 4.69. The molecule has 1 aliphatic heterocycles. The first kappa shape index (κ1) is 31.0. The van der Waals surface area contributed by atoms with Crippen molar-refractivity contribution in [2.24, 2.45) is 4.99 Å². The van der Waals surface area contributed by atoms with Crippen molar-refractivity contribution in [1.29, 1.82) is 0 Å². The van der Waals surface area contributed by atoms with Gasteiger partial charge in [0.2, 0.25) is 0 Å². The lowest BCUT2D eigenvalue weighted by molar-refractivity contribution is 0.627. The van der Waals surface area contributed by atoms with E-state index in [4.69, 9.17) is 4.99 Å². The summed E-state index contributed by atoms with van der Waals surface area (Å²) in [6.45, 7) is 25.5. The van der Waals surface area contributed by atoms with E-state index in [0.29, 0.717) is 13.0 Å². The number of aliphatic imine (C=N–C) groups is 1. The Morgan fingerprint density at radius 2 is 1.74 bits per heavy atom. The van der Waals surface area contributed by atoms with Crippen molar-refractivity contribution >= 4 is 11.3 Å². The van der Waals surface area contributed by atoms with Crippen LogP contribution in [0.5, 0.6) is 0 Å². The smallest absolute Gasteiger partial charge is 0.123 e. The minimum atomic E-state index is -0.231. The zero-order chi connectivity index (χ0) is 24.4. The second-order valence-electron chi connectivity index (χ2n) is 6.54. The Hall–Kier alpha value is -2.22. The van der Waals surface area contributed by atoms with Crippen LogP contribution < -0.4 is 0 Å². The normalized spacial score (nSPS) is 13.2.